The van der Waals surface area contributed by atoms with E-state index in [-0.39, 0.29) is 10.8 Å². The van der Waals surface area contributed by atoms with Crippen molar-refractivity contribution in [1.29, 1.82) is 0 Å². The molecule has 148 valence electrons. The number of thiazole rings is 1. The van der Waals surface area contributed by atoms with E-state index in [4.69, 9.17) is 11.6 Å². The van der Waals surface area contributed by atoms with Gasteiger partial charge in [0.1, 0.15) is 0 Å². The third-order valence-electron chi connectivity index (χ3n) is 4.14. The fraction of sp³-hybridized carbons (Fsp3) is 0.105. The molecule has 0 aliphatic carbocycles. The summed E-state index contributed by atoms with van der Waals surface area (Å²) in [5.41, 5.74) is 2.01. The minimum atomic E-state index is -3.30. The van der Waals surface area contributed by atoms with Gasteiger partial charge in [0.15, 0.2) is 15.0 Å². The minimum Gasteiger partial charge on any atom is -0.298 e. The van der Waals surface area contributed by atoms with Crippen molar-refractivity contribution < 1.29 is 13.2 Å². The number of anilines is 1. The molecule has 0 radical (unpaired) electrons. The fourth-order valence-corrected chi connectivity index (χ4v) is 4.56. The first kappa shape index (κ1) is 19.6. The first-order chi connectivity index (χ1) is 13.8. The Bertz CT molecular complexity index is 1330. The zero-order chi connectivity index (χ0) is 20.6. The summed E-state index contributed by atoms with van der Waals surface area (Å²) in [6.45, 7) is 0.489. The largest absolute Gasteiger partial charge is 0.298 e. The van der Waals surface area contributed by atoms with Crippen molar-refractivity contribution in [1.82, 2.24) is 14.8 Å². The van der Waals surface area contributed by atoms with Gasteiger partial charge in [-0.3, -0.25) is 14.8 Å². The molecule has 0 saturated heterocycles. The second-order valence-electron chi connectivity index (χ2n) is 6.43. The van der Waals surface area contributed by atoms with Crippen molar-refractivity contribution in [3.63, 3.8) is 0 Å². The van der Waals surface area contributed by atoms with Gasteiger partial charge in [-0.2, -0.15) is 5.10 Å². The standard InChI is InChI=1S/C19H15ClN4O3S2/c1-29(26,27)15-5-6-16-17(8-15)28-19(22-16)23-18(25)13-4-2-3-12(7-13)10-24-11-14(20)9-21-24/h2-9,11H,10H2,1H3,(H,22,23,25). The van der Waals surface area contributed by atoms with Crippen LogP contribution in [0.3, 0.4) is 0 Å². The summed E-state index contributed by atoms with van der Waals surface area (Å²) in [4.78, 5) is 17.2. The highest BCUT2D eigenvalue weighted by atomic mass is 35.5. The van der Waals surface area contributed by atoms with Crippen LogP contribution in [0.1, 0.15) is 15.9 Å². The molecule has 1 N–H and O–H groups in total. The Morgan fingerprint density at radius 2 is 2.07 bits per heavy atom. The Balaban J connectivity index is 1.54. The van der Waals surface area contributed by atoms with E-state index in [1.165, 1.54) is 17.4 Å². The van der Waals surface area contributed by atoms with Crippen molar-refractivity contribution in [2.45, 2.75) is 11.4 Å². The van der Waals surface area contributed by atoms with E-state index >= 15 is 0 Å². The molecule has 0 unspecified atom stereocenters. The molecule has 4 rings (SSSR count). The average molecular weight is 447 g/mol. The predicted octanol–water partition coefficient (Wildman–Crippen LogP) is 3.85. The first-order valence-electron chi connectivity index (χ1n) is 8.47. The highest BCUT2D eigenvalue weighted by Crippen LogP contribution is 2.28. The van der Waals surface area contributed by atoms with Crippen molar-refractivity contribution in [2.24, 2.45) is 0 Å². The smallest absolute Gasteiger partial charge is 0.257 e. The van der Waals surface area contributed by atoms with Gasteiger partial charge in [-0.1, -0.05) is 35.1 Å². The number of nitrogens with zero attached hydrogens (tertiary/aromatic N) is 3. The van der Waals surface area contributed by atoms with Gasteiger partial charge in [-0.25, -0.2) is 13.4 Å². The Labute approximate surface area is 175 Å². The molecule has 2 heterocycles. The molecule has 0 saturated carbocycles. The molecular weight excluding hydrogens is 432 g/mol. The summed E-state index contributed by atoms with van der Waals surface area (Å²) in [6, 6.07) is 11.9. The van der Waals surface area contributed by atoms with Crippen LogP contribution in [0.15, 0.2) is 59.8 Å². The van der Waals surface area contributed by atoms with Gasteiger partial charge < -0.3 is 0 Å². The summed E-state index contributed by atoms with van der Waals surface area (Å²) in [5, 5.41) is 7.86. The van der Waals surface area contributed by atoms with E-state index in [0.717, 1.165) is 11.8 Å². The highest BCUT2D eigenvalue weighted by Gasteiger charge is 2.13. The number of carbonyl (C=O) groups is 1. The molecule has 0 aliphatic rings. The molecule has 0 fully saturated rings. The van der Waals surface area contributed by atoms with Gasteiger partial charge in [-0.15, -0.1) is 0 Å². The molecule has 0 bridgehead atoms. The SMILES string of the molecule is CS(=O)(=O)c1ccc2nc(NC(=O)c3cccc(Cn4cc(Cl)cn4)c3)sc2c1. The van der Waals surface area contributed by atoms with E-state index in [9.17, 15) is 13.2 Å². The maximum absolute atomic E-state index is 12.6. The van der Waals surface area contributed by atoms with E-state index in [1.807, 2.05) is 6.07 Å². The zero-order valence-electron chi connectivity index (χ0n) is 15.2. The van der Waals surface area contributed by atoms with Crippen LogP contribution in [0.2, 0.25) is 5.02 Å². The predicted molar refractivity (Wildman–Crippen MR) is 113 cm³/mol. The lowest BCUT2D eigenvalue weighted by atomic mass is 10.1. The van der Waals surface area contributed by atoms with Gasteiger partial charge in [0, 0.05) is 18.0 Å². The summed E-state index contributed by atoms with van der Waals surface area (Å²) >= 11 is 7.10. The number of amides is 1. The lowest BCUT2D eigenvalue weighted by Crippen LogP contribution is -2.12. The van der Waals surface area contributed by atoms with E-state index in [1.54, 1.807) is 47.4 Å². The number of halogens is 1. The van der Waals surface area contributed by atoms with Crippen LogP contribution in [0.5, 0.6) is 0 Å². The van der Waals surface area contributed by atoms with Gasteiger partial charge in [0.2, 0.25) is 0 Å². The number of carbonyl (C=O) groups excluding carboxylic acids is 1. The highest BCUT2D eigenvalue weighted by molar-refractivity contribution is 7.90. The molecule has 1 amide bonds. The van der Waals surface area contributed by atoms with Gasteiger partial charge in [0.05, 0.1) is 32.9 Å². The number of rotatable bonds is 5. The minimum absolute atomic E-state index is 0.220. The normalized spacial score (nSPS) is 11.7. The van der Waals surface area contributed by atoms with E-state index < -0.39 is 9.84 Å². The Kier molecular flexibility index (Phi) is 5.12. The number of benzene rings is 2. The summed E-state index contributed by atoms with van der Waals surface area (Å²) in [5.74, 6) is -0.298. The molecule has 0 aliphatic heterocycles. The molecule has 4 aromatic rings. The quantitative estimate of drug-likeness (QED) is 0.502. The molecule has 2 aromatic heterocycles. The average Bonchev–Trinajstić information content (AvgIpc) is 3.25. The van der Waals surface area contributed by atoms with Crippen LogP contribution >= 0.6 is 22.9 Å². The maximum Gasteiger partial charge on any atom is 0.257 e. The molecule has 7 nitrogen and oxygen atoms in total. The fourth-order valence-electron chi connectivity index (χ4n) is 2.78. The molecule has 0 spiro atoms. The number of sulfone groups is 1. The van der Waals surface area contributed by atoms with Crippen LogP contribution in [0, 0.1) is 0 Å². The summed E-state index contributed by atoms with van der Waals surface area (Å²) in [6.07, 6.45) is 4.42. The van der Waals surface area contributed by atoms with Crippen molar-refractivity contribution in [2.75, 3.05) is 11.6 Å². The molecule has 0 atom stereocenters. The molecule has 10 heteroatoms. The molecule has 2 aromatic carbocycles. The van der Waals surface area contributed by atoms with Crippen LogP contribution < -0.4 is 5.32 Å². The number of nitrogens with one attached hydrogen (secondary N) is 1. The monoisotopic (exact) mass is 446 g/mol. The third kappa shape index (κ3) is 4.47. The Morgan fingerprint density at radius 3 is 2.79 bits per heavy atom. The number of hydrogen-bond donors (Lipinski definition) is 1. The van der Waals surface area contributed by atoms with Crippen LogP contribution in [-0.2, 0) is 16.4 Å². The Hall–Kier alpha value is -2.75. The van der Waals surface area contributed by atoms with Gasteiger partial charge in [0.25, 0.3) is 5.91 Å². The van der Waals surface area contributed by atoms with Crippen molar-refractivity contribution >= 4 is 54.0 Å². The lowest BCUT2D eigenvalue weighted by molar-refractivity contribution is 0.102. The first-order valence-corrected chi connectivity index (χ1v) is 11.6. The second kappa shape index (κ2) is 7.58. The van der Waals surface area contributed by atoms with E-state index in [2.05, 4.69) is 15.4 Å². The molecular formula is C19H15ClN4O3S2. The Morgan fingerprint density at radius 1 is 1.24 bits per heavy atom. The van der Waals surface area contributed by atoms with Crippen LogP contribution in [0.25, 0.3) is 10.2 Å². The lowest BCUT2D eigenvalue weighted by Gasteiger charge is -2.05. The van der Waals surface area contributed by atoms with Gasteiger partial charge >= 0.3 is 0 Å². The summed E-state index contributed by atoms with van der Waals surface area (Å²) < 4.78 is 25.8. The number of hydrogen-bond acceptors (Lipinski definition) is 6. The van der Waals surface area contributed by atoms with E-state index in [0.29, 0.717) is 32.5 Å². The van der Waals surface area contributed by atoms with Crippen LogP contribution in [0.4, 0.5) is 5.13 Å². The topological polar surface area (TPSA) is 94.0 Å². The number of fused-ring (bicyclic) bond motifs is 1. The van der Waals surface area contributed by atoms with Crippen LogP contribution in [-0.4, -0.2) is 35.3 Å². The summed E-state index contributed by atoms with van der Waals surface area (Å²) in [7, 11) is -3.30. The number of aromatic nitrogens is 3. The second-order valence-corrected chi connectivity index (χ2v) is 9.91. The zero-order valence-corrected chi connectivity index (χ0v) is 17.6. The maximum atomic E-state index is 12.6. The molecule has 29 heavy (non-hydrogen) atoms. The van der Waals surface area contributed by atoms with Crippen molar-refractivity contribution in [3.8, 4) is 0 Å². The third-order valence-corrected chi connectivity index (χ3v) is 6.38. The van der Waals surface area contributed by atoms with Gasteiger partial charge in [-0.05, 0) is 35.9 Å². The van der Waals surface area contributed by atoms with Crippen molar-refractivity contribution in [3.05, 3.63) is 71.0 Å².